The summed E-state index contributed by atoms with van der Waals surface area (Å²) in [5, 5.41) is 0. The number of carbonyl (C=O) groups is 2. The molecule has 1 fully saturated rings. The van der Waals surface area contributed by atoms with E-state index in [2.05, 4.69) is 0 Å². The molecule has 0 N–H and O–H groups in total. The molecule has 33 heavy (non-hydrogen) atoms. The van der Waals surface area contributed by atoms with Gasteiger partial charge in [0.1, 0.15) is 32.2 Å². The molecule has 178 valence electrons. The molecule has 1 aliphatic heterocycles. The van der Waals surface area contributed by atoms with Crippen LogP contribution in [-0.4, -0.2) is 56.4 Å². The van der Waals surface area contributed by atoms with Crippen LogP contribution >= 0.6 is 0 Å². The van der Waals surface area contributed by atoms with Crippen LogP contribution in [0.5, 0.6) is 11.5 Å². The third-order valence-electron chi connectivity index (χ3n) is 4.70. The van der Waals surface area contributed by atoms with Crippen molar-refractivity contribution in [3.8, 4) is 11.5 Å². The minimum Gasteiger partial charge on any atom is -0.476 e. The first-order valence-corrected chi connectivity index (χ1v) is 10.2. The summed E-state index contributed by atoms with van der Waals surface area (Å²) in [5.74, 6) is -2.79. The summed E-state index contributed by atoms with van der Waals surface area (Å²) in [6.45, 7) is 2.40. The molecule has 2 aromatic carbocycles. The number of halogens is 2. The summed E-state index contributed by atoms with van der Waals surface area (Å²) in [4.78, 5) is 24.4. The van der Waals surface area contributed by atoms with Crippen LogP contribution in [0.15, 0.2) is 48.5 Å². The molecular weight excluding hydrogens is 442 g/mol. The van der Waals surface area contributed by atoms with Crippen LogP contribution < -0.4 is 9.47 Å². The fourth-order valence-corrected chi connectivity index (χ4v) is 2.86. The van der Waals surface area contributed by atoms with Gasteiger partial charge >= 0.3 is 11.9 Å². The maximum Gasteiger partial charge on any atom is 0.347 e. The predicted molar refractivity (Wildman–Crippen MR) is 110 cm³/mol. The smallest absolute Gasteiger partial charge is 0.347 e. The molecule has 0 saturated carbocycles. The first-order valence-electron chi connectivity index (χ1n) is 10.2. The highest BCUT2D eigenvalue weighted by molar-refractivity contribution is 5.75. The Morgan fingerprint density at radius 2 is 1.21 bits per heavy atom. The zero-order valence-corrected chi connectivity index (χ0v) is 18.1. The highest BCUT2D eigenvalue weighted by Gasteiger charge is 2.33. The van der Waals surface area contributed by atoms with Crippen molar-refractivity contribution in [1.29, 1.82) is 0 Å². The molecular formula is C23H24F2O8. The quantitative estimate of drug-likeness (QED) is 0.494. The summed E-state index contributed by atoms with van der Waals surface area (Å²) >= 11 is 0. The van der Waals surface area contributed by atoms with Crippen molar-refractivity contribution in [2.45, 2.75) is 38.3 Å². The Morgan fingerprint density at radius 3 is 1.61 bits per heavy atom. The van der Waals surface area contributed by atoms with E-state index in [9.17, 15) is 18.4 Å². The van der Waals surface area contributed by atoms with Crippen LogP contribution in [0.4, 0.5) is 8.78 Å². The van der Waals surface area contributed by atoms with E-state index < -0.39 is 48.0 Å². The first kappa shape index (κ1) is 24.4. The van der Waals surface area contributed by atoms with Crippen molar-refractivity contribution in [3.63, 3.8) is 0 Å². The average Bonchev–Trinajstić information content (AvgIpc) is 3.26. The Labute approximate surface area is 189 Å². The van der Waals surface area contributed by atoms with E-state index in [1.165, 1.54) is 50.2 Å². The van der Waals surface area contributed by atoms with Gasteiger partial charge in [0.25, 0.3) is 0 Å². The second kappa shape index (κ2) is 11.6. The Bertz CT molecular complexity index is 878. The van der Waals surface area contributed by atoms with E-state index in [0.717, 1.165) is 0 Å². The number of hydrogen-bond donors (Lipinski definition) is 0. The summed E-state index contributed by atoms with van der Waals surface area (Å²) < 4.78 is 59.0. The van der Waals surface area contributed by atoms with Gasteiger partial charge < -0.3 is 28.4 Å². The topological polar surface area (TPSA) is 89.5 Å². The molecule has 4 atom stereocenters. The molecule has 8 nitrogen and oxygen atoms in total. The number of esters is 2. The molecule has 0 aromatic heterocycles. The van der Waals surface area contributed by atoms with Crippen molar-refractivity contribution >= 4 is 11.9 Å². The van der Waals surface area contributed by atoms with E-state index in [4.69, 9.17) is 28.4 Å². The Morgan fingerprint density at radius 1 is 0.818 bits per heavy atom. The van der Waals surface area contributed by atoms with Crippen molar-refractivity contribution in [2.24, 2.45) is 0 Å². The van der Waals surface area contributed by atoms with E-state index in [-0.39, 0.29) is 31.5 Å². The van der Waals surface area contributed by atoms with Crippen molar-refractivity contribution in [3.05, 3.63) is 60.2 Å². The van der Waals surface area contributed by atoms with E-state index in [1.54, 1.807) is 12.1 Å². The van der Waals surface area contributed by atoms with E-state index >= 15 is 0 Å². The molecule has 1 saturated heterocycles. The number of ether oxygens (including phenoxy) is 6. The van der Waals surface area contributed by atoms with Gasteiger partial charge in [0.15, 0.2) is 35.3 Å². The second-order valence-corrected chi connectivity index (χ2v) is 7.17. The molecule has 0 radical (unpaired) electrons. The SMILES string of the molecule is C[C@H](Oc1ccccc1F)C(=O)OC[C@@H]1OCO[C@H]1COC(=O)[C@H](C)Oc1ccccc1F. The van der Waals surface area contributed by atoms with Gasteiger partial charge in [-0.1, -0.05) is 24.3 Å². The fourth-order valence-electron chi connectivity index (χ4n) is 2.86. The molecule has 0 bridgehead atoms. The van der Waals surface area contributed by atoms with Gasteiger partial charge in [-0.15, -0.1) is 0 Å². The Balaban J connectivity index is 1.43. The van der Waals surface area contributed by atoms with Crippen molar-refractivity contribution < 1.29 is 46.8 Å². The monoisotopic (exact) mass is 466 g/mol. The lowest BCUT2D eigenvalue weighted by Gasteiger charge is -2.20. The van der Waals surface area contributed by atoms with Crippen LogP contribution in [0, 0.1) is 11.6 Å². The lowest BCUT2D eigenvalue weighted by molar-refractivity contribution is -0.158. The maximum absolute atomic E-state index is 13.7. The molecule has 0 aliphatic carbocycles. The van der Waals surface area contributed by atoms with Crippen molar-refractivity contribution in [1.82, 2.24) is 0 Å². The van der Waals surface area contributed by atoms with Gasteiger partial charge in [-0.05, 0) is 38.1 Å². The molecule has 2 aromatic rings. The Hall–Kier alpha value is -3.24. The van der Waals surface area contributed by atoms with Crippen molar-refractivity contribution in [2.75, 3.05) is 20.0 Å². The number of benzene rings is 2. The summed E-state index contributed by atoms with van der Waals surface area (Å²) in [6, 6.07) is 11.4. The third kappa shape index (κ3) is 6.87. The third-order valence-corrected chi connectivity index (χ3v) is 4.70. The van der Waals surface area contributed by atoms with Gasteiger partial charge in [0.2, 0.25) is 0 Å². The number of rotatable bonds is 10. The lowest BCUT2D eigenvalue weighted by atomic mass is 10.2. The normalized spacial score (nSPS) is 19.4. The van der Waals surface area contributed by atoms with Gasteiger partial charge in [-0.2, -0.15) is 0 Å². The fraction of sp³-hybridized carbons (Fsp3) is 0.391. The van der Waals surface area contributed by atoms with Crippen LogP contribution in [0.3, 0.4) is 0 Å². The molecule has 0 spiro atoms. The van der Waals surface area contributed by atoms with Gasteiger partial charge in [-0.25, -0.2) is 18.4 Å². The van der Waals surface area contributed by atoms with Gasteiger partial charge in [0.05, 0.1) is 0 Å². The van der Waals surface area contributed by atoms with Gasteiger partial charge in [0, 0.05) is 0 Å². The van der Waals surface area contributed by atoms with E-state index in [1.807, 2.05) is 0 Å². The highest BCUT2D eigenvalue weighted by Crippen LogP contribution is 2.20. The van der Waals surface area contributed by atoms with E-state index in [0.29, 0.717) is 0 Å². The van der Waals surface area contributed by atoms with Gasteiger partial charge in [-0.3, -0.25) is 0 Å². The minimum absolute atomic E-state index is 0.0705. The predicted octanol–water partition coefficient (Wildman–Crippen LogP) is 3.03. The summed E-state index contributed by atoms with van der Waals surface area (Å²) in [5.41, 5.74) is 0. The van der Waals surface area contributed by atoms with Crippen LogP contribution in [0.25, 0.3) is 0 Å². The zero-order chi connectivity index (χ0) is 23.8. The number of para-hydroxylation sites is 2. The lowest BCUT2D eigenvalue weighted by Crippen LogP contribution is -2.37. The van der Waals surface area contributed by atoms with Crippen LogP contribution in [0.2, 0.25) is 0 Å². The molecule has 1 heterocycles. The summed E-state index contributed by atoms with van der Waals surface area (Å²) in [6.07, 6.45) is -3.50. The zero-order valence-electron chi connectivity index (χ0n) is 18.1. The highest BCUT2D eigenvalue weighted by atomic mass is 19.1. The Kier molecular flexibility index (Phi) is 8.56. The van der Waals surface area contributed by atoms with Crippen LogP contribution in [0.1, 0.15) is 13.8 Å². The largest absolute Gasteiger partial charge is 0.476 e. The summed E-state index contributed by atoms with van der Waals surface area (Å²) in [7, 11) is 0. The molecule has 0 amide bonds. The molecule has 3 rings (SSSR count). The van der Waals surface area contributed by atoms with Crippen LogP contribution in [-0.2, 0) is 28.5 Å². The number of hydrogen-bond acceptors (Lipinski definition) is 8. The second-order valence-electron chi connectivity index (χ2n) is 7.17. The average molecular weight is 466 g/mol. The molecule has 0 unspecified atom stereocenters. The molecule has 10 heteroatoms. The first-order chi connectivity index (χ1) is 15.8. The minimum atomic E-state index is -1.06. The molecule has 1 aliphatic rings. The number of carbonyl (C=O) groups excluding carboxylic acids is 2. The maximum atomic E-state index is 13.7. The standard InChI is InChI=1S/C23H24F2O8/c1-14(32-18-9-5-3-7-16(18)24)22(26)28-11-20-21(31-13-30-20)12-29-23(27)15(2)33-19-10-6-4-8-17(19)25/h3-10,14-15,20-21H,11-13H2,1-2H3/t14-,15-,20-,21-/m0/s1.